The molecular weight excluding hydrogens is 547 g/mol. The minimum absolute atomic E-state index is 0.0230. The molecule has 1 aliphatic rings. The number of hydrogen-bond acceptors (Lipinski definition) is 4. The number of ether oxygens (including phenoxy) is 1. The van der Waals surface area contributed by atoms with Crippen LogP contribution in [0.15, 0.2) is 76.8 Å². The SMILES string of the molecule is O=C1NC(=S)N(c2cccc(Br)c2)C(=O)/C1=C/c1ccc(OCc2ccc(Cl)cc2Cl)cc1. The molecule has 0 aromatic heterocycles. The van der Waals surface area contributed by atoms with Gasteiger partial charge in [0.15, 0.2) is 5.11 Å². The van der Waals surface area contributed by atoms with E-state index < -0.39 is 11.8 Å². The molecule has 0 spiro atoms. The van der Waals surface area contributed by atoms with E-state index in [1.807, 2.05) is 6.07 Å². The highest BCUT2D eigenvalue weighted by molar-refractivity contribution is 9.10. The van der Waals surface area contributed by atoms with E-state index in [0.717, 1.165) is 10.0 Å². The monoisotopic (exact) mass is 560 g/mol. The summed E-state index contributed by atoms with van der Waals surface area (Å²) in [7, 11) is 0. The van der Waals surface area contributed by atoms with Crippen molar-refractivity contribution in [1.82, 2.24) is 5.32 Å². The van der Waals surface area contributed by atoms with Gasteiger partial charge in [-0.25, -0.2) is 0 Å². The second-order valence-corrected chi connectivity index (χ2v) is 9.18. The lowest BCUT2D eigenvalue weighted by Gasteiger charge is -2.29. The van der Waals surface area contributed by atoms with Crippen molar-refractivity contribution >= 4 is 80.0 Å². The van der Waals surface area contributed by atoms with Crippen LogP contribution in [0.4, 0.5) is 5.69 Å². The summed E-state index contributed by atoms with van der Waals surface area (Å²) in [5.74, 6) is -0.437. The number of carbonyl (C=O) groups excluding carboxylic acids is 2. The predicted molar refractivity (Wildman–Crippen MR) is 138 cm³/mol. The smallest absolute Gasteiger partial charge is 0.270 e. The van der Waals surface area contributed by atoms with Gasteiger partial charge in [0.1, 0.15) is 17.9 Å². The lowest BCUT2D eigenvalue weighted by Crippen LogP contribution is -2.54. The Kier molecular flexibility index (Phi) is 7.14. The maximum absolute atomic E-state index is 13.1. The van der Waals surface area contributed by atoms with Crippen molar-refractivity contribution in [1.29, 1.82) is 0 Å². The molecule has 3 aromatic carbocycles. The van der Waals surface area contributed by atoms with Crippen molar-refractivity contribution in [2.75, 3.05) is 4.90 Å². The quantitative estimate of drug-likeness (QED) is 0.230. The van der Waals surface area contributed by atoms with Crippen molar-refractivity contribution in [3.8, 4) is 5.75 Å². The molecule has 33 heavy (non-hydrogen) atoms. The van der Waals surface area contributed by atoms with Gasteiger partial charge in [-0.1, -0.05) is 63.4 Å². The molecule has 0 unspecified atom stereocenters. The lowest BCUT2D eigenvalue weighted by atomic mass is 10.1. The molecule has 3 aromatic rings. The Morgan fingerprint density at radius 1 is 1.03 bits per heavy atom. The summed E-state index contributed by atoms with van der Waals surface area (Å²) in [4.78, 5) is 26.9. The number of anilines is 1. The molecule has 0 bridgehead atoms. The van der Waals surface area contributed by atoms with Crippen LogP contribution in [0.25, 0.3) is 6.08 Å². The highest BCUT2D eigenvalue weighted by Gasteiger charge is 2.34. The predicted octanol–water partition coefficient (Wildman–Crippen LogP) is 6.17. The number of halogens is 3. The Balaban J connectivity index is 1.52. The van der Waals surface area contributed by atoms with Gasteiger partial charge in [0.2, 0.25) is 0 Å². The standard InChI is InChI=1S/C24H15BrCl2N2O3S/c25-16-2-1-3-18(11-16)29-23(31)20(22(30)28-24(29)33)10-14-4-8-19(9-5-14)32-13-15-6-7-17(26)12-21(15)27/h1-12H,13H2,(H,28,30,33)/b20-10+. The van der Waals surface area contributed by atoms with Crippen LogP contribution >= 0.6 is 51.3 Å². The van der Waals surface area contributed by atoms with Crippen molar-refractivity contribution in [2.24, 2.45) is 0 Å². The van der Waals surface area contributed by atoms with Gasteiger partial charge in [0.25, 0.3) is 11.8 Å². The number of rotatable bonds is 5. The van der Waals surface area contributed by atoms with Crippen molar-refractivity contribution < 1.29 is 14.3 Å². The first-order valence-corrected chi connectivity index (χ1v) is 11.6. The summed E-state index contributed by atoms with van der Waals surface area (Å²) in [6, 6.07) is 19.3. The minimum Gasteiger partial charge on any atom is -0.489 e. The van der Waals surface area contributed by atoms with E-state index in [0.29, 0.717) is 27.0 Å². The topological polar surface area (TPSA) is 58.6 Å². The van der Waals surface area contributed by atoms with Gasteiger partial charge < -0.3 is 4.74 Å². The first-order valence-electron chi connectivity index (χ1n) is 9.65. The van der Waals surface area contributed by atoms with E-state index in [1.54, 1.807) is 60.7 Å². The molecule has 2 amide bonds. The number of amides is 2. The molecule has 4 rings (SSSR count). The number of nitrogens with zero attached hydrogens (tertiary/aromatic N) is 1. The summed E-state index contributed by atoms with van der Waals surface area (Å²) in [6.45, 7) is 0.274. The summed E-state index contributed by atoms with van der Waals surface area (Å²) in [5.41, 5.74) is 1.99. The number of thiocarbonyl (C=S) groups is 1. The van der Waals surface area contributed by atoms with Crippen LogP contribution < -0.4 is 15.0 Å². The fraction of sp³-hybridized carbons (Fsp3) is 0.0417. The largest absolute Gasteiger partial charge is 0.489 e. The van der Waals surface area contributed by atoms with Gasteiger partial charge in [-0.3, -0.25) is 19.8 Å². The average Bonchev–Trinajstić information content (AvgIpc) is 2.77. The Bertz CT molecular complexity index is 1300. The second-order valence-electron chi connectivity index (χ2n) is 7.03. The fourth-order valence-electron chi connectivity index (χ4n) is 3.13. The summed E-state index contributed by atoms with van der Waals surface area (Å²) >= 11 is 20.7. The van der Waals surface area contributed by atoms with Crippen LogP contribution in [0.2, 0.25) is 10.0 Å². The summed E-state index contributed by atoms with van der Waals surface area (Å²) < 4.78 is 6.56. The molecule has 166 valence electrons. The Hall–Kier alpha value is -2.71. The van der Waals surface area contributed by atoms with Crippen LogP contribution in [0.3, 0.4) is 0 Å². The van der Waals surface area contributed by atoms with Crippen LogP contribution in [-0.2, 0) is 16.2 Å². The van der Waals surface area contributed by atoms with E-state index in [-0.39, 0.29) is 17.3 Å². The molecular formula is C24H15BrCl2N2O3S. The van der Waals surface area contributed by atoms with Gasteiger partial charge in [-0.15, -0.1) is 0 Å². The maximum atomic E-state index is 13.1. The first kappa shape index (κ1) is 23.4. The number of benzene rings is 3. The first-order chi connectivity index (χ1) is 15.8. The van der Waals surface area contributed by atoms with E-state index in [1.165, 1.54) is 11.0 Å². The molecule has 0 aliphatic carbocycles. The minimum atomic E-state index is -0.547. The van der Waals surface area contributed by atoms with E-state index in [2.05, 4.69) is 21.2 Å². The van der Waals surface area contributed by atoms with Gasteiger partial charge in [0.05, 0.1) is 5.69 Å². The number of nitrogens with one attached hydrogen (secondary N) is 1. The van der Waals surface area contributed by atoms with Crippen molar-refractivity contribution in [3.63, 3.8) is 0 Å². The molecule has 1 N–H and O–H groups in total. The zero-order valence-electron chi connectivity index (χ0n) is 16.8. The van der Waals surface area contributed by atoms with Crippen molar-refractivity contribution in [2.45, 2.75) is 6.61 Å². The van der Waals surface area contributed by atoms with Gasteiger partial charge >= 0.3 is 0 Å². The fourth-order valence-corrected chi connectivity index (χ4v) is 4.27. The van der Waals surface area contributed by atoms with Crippen LogP contribution in [0, 0.1) is 0 Å². The number of carbonyl (C=O) groups is 2. The molecule has 0 atom stereocenters. The Morgan fingerprint density at radius 3 is 2.48 bits per heavy atom. The molecule has 1 fully saturated rings. The molecule has 9 heteroatoms. The molecule has 0 saturated carbocycles. The lowest BCUT2D eigenvalue weighted by molar-refractivity contribution is -0.122. The molecule has 0 radical (unpaired) electrons. The normalized spacial score (nSPS) is 15.1. The van der Waals surface area contributed by atoms with E-state index in [9.17, 15) is 9.59 Å². The third kappa shape index (κ3) is 5.45. The van der Waals surface area contributed by atoms with Gasteiger partial charge in [0, 0.05) is 20.1 Å². The molecule has 1 heterocycles. The molecule has 5 nitrogen and oxygen atoms in total. The highest BCUT2D eigenvalue weighted by Crippen LogP contribution is 2.26. The maximum Gasteiger partial charge on any atom is 0.270 e. The summed E-state index contributed by atoms with van der Waals surface area (Å²) in [5, 5.41) is 3.69. The van der Waals surface area contributed by atoms with E-state index >= 15 is 0 Å². The Morgan fingerprint density at radius 2 is 1.79 bits per heavy atom. The zero-order chi connectivity index (χ0) is 23.5. The zero-order valence-corrected chi connectivity index (χ0v) is 20.8. The Labute approximate surface area is 214 Å². The van der Waals surface area contributed by atoms with Gasteiger partial charge in [-0.05, 0) is 66.3 Å². The van der Waals surface area contributed by atoms with E-state index in [4.69, 9.17) is 40.2 Å². The summed E-state index contributed by atoms with van der Waals surface area (Å²) in [6.07, 6.45) is 1.52. The third-order valence-corrected chi connectivity index (χ3v) is 6.13. The third-order valence-electron chi connectivity index (χ3n) is 4.77. The van der Waals surface area contributed by atoms with Crippen LogP contribution in [0.5, 0.6) is 5.75 Å². The molecule has 1 aliphatic heterocycles. The van der Waals surface area contributed by atoms with Crippen molar-refractivity contribution in [3.05, 3.63) is 97.9 Å². The number of hydrogen-bond donors (Lipinski definition) is 1. The van der Waals surface area contributed by atoms with Crippen LogP contribution in [-0.4, -0.2) is 16.9 Å². The second kappa shape index (κ2) is 10.1. The molecule has 1 saturated heterocycles. The van der Waals surface area contributed by atoms with Gasteiger partial charge in [-0.2, -0.15) is 0 Å². The average molecular weight is 562 g/mol. The highest BCUT2D eigenvalue weighted by atomic mass is 79.9. The van der Waals surface area contributed by atoms with Crippen LogP contribution in [0.1, 0.15) is 11.1 Å².